The minimum Gasteiger partial charge on any atom is -0.309 e. The molecular formula is C15H21FN4. The Bertz CT molecular complexity index is 565. The van der Waals surface area contributed by atoms with Crippen LogP contribution in [0.5, 0.6) is 0 Å². The Labute approximate surface area is 119 Å². The van der Waals surface area contributed by atoms with Crippen LogP contribution in [0.25, 0.3) is 0 Å². The third-order valence-corrected chi connectivity index (χ3v) is 3.36. The largest absolute Gasteiger partial charge is 0.309 e. The van der Waals surface area contributed by atoms with Crippen molar-refractivity contribution < 1.29 is 4.39 Å². The number of nitrogens with zero attached hydrogens (tertiary/aromatic N) is 3. The van der Waals surface area contributed by atoms with E-state index in [1.807, 2.05) is 26.1 Å². The molecule has 20 heavy (non-hydrogen) atoms. The van der Waals surface area contributed by atoms with Crippen molar-refractivity contribution in [2.24, 2.45) is 7.05 Å². The SMILES string of the molecule is CCCNC(Cc1ncnn1C)c1ccc(C)cc1F. The molecule has 2 aromatic rings. The molecule has 5 heteroatoms. The number of halogens is 1. The van der Waals surface area contributed by atoms with Crippen LogP contribution >= 0.6 is 0 Å². The highest BCUT2D eigenvalue weighted by atomic mass is 19.1. The van der Waals surface area contributed by atoms with Crippen molar-refractivity contribution in [3.63, 3.8) is 0 Å². The molecule has 1 atom stereocenters. The Morgan fingerprint density at radius 3 is 2.80 bits per heavy atom. The van der Waals surface area contributed by atoms with Gasteiger partial charge < -0.3 is 5.32 Å². The van der Waals surface area contributed by atoms with Crippen LogP contribution in [0.2, 0.25) is 0 Å². The summed E-state index contributed by atoms with van der Waals surface area (Å²) in [6, 6.07) is 5.29. The molecule has 0 saturated heterocycles. The molecule has 0 aliphatic rings. The van der Waals surface area contributed by atoms with Gasteiger partial charge in [-0.3, -0.25) is 4.68 Å². The maximum Gasteiger partial charge on any atom is 0.138 e. The summed E-state index contributed by atoms with van der Waals surface area (Å²) in [5.41, 5.74) is 1.62. The van der Waals surface area contributed by atoms with Crippen LogP contribution in [0.4, 0.5) is 4.39 Å². The molecular weight excluding hydrogens is 255 g/mol. The lowest BCUT2D eigenvalue weighted by atomic mass is 10.0. The van der Waals surface area contributed by atoms with E-state index >= 15 is 0 Å². The average Bonchev–Trinajstić information content (AvgIpc) is 2.80. The van der Waals surface area contributed by atoms with Gasteiger partial charge in [-0.2, -0.15) is 5.10 Å². The lowest BCUT2D eigenvalue weighted by Crippen LogP contribution is -2.26. The molecule has 1 aromatic heterocycles. The summed E-state index contributed by atoms with van der Waals surface area (Å²) in [6.45, 7) is 4.83. The molecule has 0 amide bonds. The number of benzene rings is 1. The van der Waals surface area contributed by atoms with Crippen molar-refractivity contribution >= 4 is 0 Å². The Hall–Kier alpha value is -1.75. The standard InChI is InChI=1S/C15H21FN4/c1-4-7-17-14(9-15-18-10-19-20(15)3)12-6-5-11(2)8-13(12)16/h5-6,8,10,14,17H,4,7,9H2,1-3H3. The molecule has 0 radical (unpaired) electrons. The predicted molar refractivity (Wildman–Crippen MR) is 76.9 cm³/mol. The molecule has 0 saturated carbocycles. The molecule has 0 spiro atoms. The molecule has 0 fully saturated rings. The molecule has 1 N–H and O–H groups in total. The highest BCUT2D eigenvalue weighted by Gasteiger charge is 2.18. The van der Waals surface area contributed by atoms with Crippen LogP contribution in [0.15, 0.2) is 24.5 Å². The van der Waals surface area contributed by atoms with Gasteiger partial charge in [0, 0.05) is 25.1 Å². The van der Waals surface area contributed by atoms with Crippen molar-refractivity contribution in [1.82, 2.24) is 20.1 Å². The molecule has 0 aliphatic heterocycles. The number of aryl methyl sites for hydroxylation is 2. The summed E-state index contributed by atoms with van der Waals surface area (Å²) in [6.07, 6.45) is 3.15. The van der Waals surface area contributed by atoms with Crippen molar-refractivity contribution in [3.05, 3.63) is 47.3 Å². The average molecular weight is 276 g/mol. The van der Waals surface area contributed by atoms with Crippen molar-refractivity contribution in [2.45, 2.75) is 32.7 Å². The summed E-state index contributed by atoms with van der Waals surface area (Å²) in [7, 11) is 1.85. The second-order valence-corrected chi connectivity index (χ2v) is 5.04. The molecule has 4 nitrogen and oxygen atoms in total. The van der Waals surface area contributed by atoms with Crippen LogP contribution < -0.4 is 5.32 Å². The van der Waals surface area contributed by atoms with Crippen LogP contribution in [-0.4, -0.2) is 21.3 Å². The number of aromatic nitrogens is 3. The topological polar surface area (TPSA) is 42.7 Å². The number of rotatable bonds is 6. The van der Waals surface area contributed by atoms with Crippen molar-refractivity contribution in [3.8, 4) is 0 Å². The van der Waals surface area contributed by atoms with Gasteiger partial charge in [-0.1, -0.05) is 19.1 Å². The lowest BCUT2D eigenvalue weighted by molar-refractivity contribution is 0.480. The van der Waals surface area contributed by atoms with E-state index < -0.39 is 0 Å². The molecule has 108 valence electrons. The Kier molecular flexibility index (Phi) is 4.84. The van der Waals surface area contributed by atoms with E-state index in [9.17, 15) is 4.39 Å². The van der Waals surface area contributed by atoms with Gasteiger partial charge in [0.05, 0.1) is 0 Å². The monoisotopic (exact) mass is 276 g/mol. The smallest absolute Gasteiger partial charge is 0.138 e. The molecule has 2 rings (SSSR count). The minimum atomic E-state index is -0.166. The summed E-state index contributed by atoms with van der Waals surface area (Å²) in [4.78, 5) is 4.23. The first kappa shape index (κ1) is 14.7. The maximum atomic E-state index is 14.2. The van der Waals surface area contributed by atoms with Gasteiger partial charge >= 0.3 is 0 Å². The number of hydrogen-bond acceptors (Lipinski definition) is 3. The van der Waals surface area contributed by atoms with Gasteiger partial charge in [0.25, 0.3) is 0 Å². The fourth-order valence-corrected chi connectivity index (χ4v) is 2.21. The lowest BCUT2D eigenvalue weighted by Gasteiger charge is -2.19. The van der Waals surface area contributed by atoms with Crippen molar-refractivity contribution in [1.29, 1.82) is 0 Å². The quantitative estimate of drug-likeness (QED) is 0.881. The molecule has 0 aliphatic carbocycles. The summed E-state index contributed by atoms with van der Waals surface area (Å²) in [5.74, 6) is 0.680. The Morgan fingerprint density at radius 1 is 1.40 bits per heavy atom. The molecule has 1 aromatic carbocycles. The van der Waals surface area contributed by atoms with Gasteiger partial charge in [0.2, 0.25) is 0 Å². The summed E-state index contributed by atoms with van der Waals surface area (Å²) < 4.78 is 15.9. The van der Waals surface area contributed by atoms with Gasteiger partial charge in [-0.05, 0) is 31.5 Å². The maximum absolute atomic E-state index is 14.2. The van der Waals surface area contributed by atoms with Gasteiger partial charge in [-0.15, -0.1) is 0 Å². The van der Waals surface area contributed by atoms with E-state index in [1.54, 1.807) is 10.7 Å². The third kappa shape index (κ3) is 3.42. The van der Waals surface area contributed by atoms with Gasteiger partial charge in [-0.25, -0.2) is 9.37 Å². The first-order valence-corrected chi connectivity index (χ1v) is 6.94. The zero-order valence-corrected chi connectivity index (χ0v) is 12.2. The zero-order chi connectivity index (χ0) is 14.5. The molecule has 0 bridgehead atoms. The number of hydrogen-bond donors (Lipinski definition) is 1. The van der Waals surface area contributed by atoms with E-state index in [4.69, 9.17) is 0 Å². The van der Waals surface area contributed by atoms with E-state index in [0.29, 0.717) is 12.0 Å². The van der Waals surface area contributed by atoms with Gasteiger partial charge in [0.1, 0.15) is 18.0 Å². The van der Waals surface area contributed by atoms with Crippen LogP contribution in [0.3, 0.4) is 0 Å². The van der Waals surface area contributed by atoms with Gasteiger partial charge in [0.15, 0.2) is 0 Å². The number of nitrogens with one attached hydrogen (secondary N) is 1. The first-order valence-electron chi connectivity index (χ1n) is 6.94. The van der Waals surface area contributed by atoms with Crippen LogP contribution in [-0.2, 0) is 13.5 Å². The van der Waals surface area contributed by atoms with E-state index in [2.05, 4.69) is 22.3 Å². The zero-order valence-electron chi connectivity index (χ0n) is 12.2. The highest BCUT2D eigenvalue weighted by molar-refractivity contribution is 5.26. The summed E-state index contributed by atoms with van der Waals surface area (Å²) >= 11 is 0. The highest BCUT2D eigenvalue weighted by Crippen LogP contribution is 2.21. The molecule has 1 unspecified atom stereocenters. The third-order valence-electron chi connectivity index (χ3n) is 3.36. The van der Waals surface area contributed by atoms with Crippen LogP contribution in [0.1, 0.15) is 36.3 Å². The van der Waals surface area contributed by atoms with E-state index in [1.165, 1.54) is 6.33 Å². The Balaban J connectivity index is 2.24. The minimum absolute atomic E-state index is 0.0848. The fourth-order valence-electron chi connectivity index (χ4n) is 2.21. The predicted octanol–water partition coefficient (Wildman–Crippen LogP) is 2.55. The summed E-state index contributed by atoms with van der Waals surface area (Å²) in [5, 5.41) is 7.45. The first-order chi connectivity index (χ1) is 9.61. The van der Waals surface area contributed by atoms with Crippen molar-refractivity contribution in [2.75, 3.05) is 6.54 Å². The van der Waals surface area contributed by atoms with Crippen LogP contribution in [0, 0.1) is 12.7 Å². The normalized spacial score (nSPS) is 12.6. The Morgan fingerprint density at radius 2 is 2.20 bits per heavy atom. The van der Waals surface area contributed by atoms with E-state index in [0.717, 1.165) is 24.4 Å². The molecule has 1 heterocycles. The second kappa shape index (κ2) is 6.61. The second-order valence-electron chi connectivity index (χ2n) is 5.04. The fraction of sp³-hybridized carbons (Fsp3) is 0.467. The van der Waals surface area contributed by atoms with E-state index in [-0.39, 0.29) is 11.9 Å².